The molecule has 0 aliphatic carbocycles. The summed E-state index contributed by atoms with van der Waals surface area (Å²) in [7, 11) is 0. The number of hydrogen-bond donors (Lipinski definition) is 1. The molecule has 1 aromatic rings. The SMILES string of the molecule is CC1CC(C)CN(C(C)(C)CNC(=O)CCC(=O)N2CCSc3ccccc32)C1. The highest BCUT2D eigenvalue weighted by atomic mass is 32.2. The van der Waals surface area contributed by atoms with E-state index in [1.165, 1.54) is 6.42 Å². The number of anilines is 1. The van der Waals surface area contributed by atoms with Crippen LogP contribution in [0.15, 0.2) is 29.2 Å². The van der Waals surface area contributed by atoms with Crippen LogP contribution >= 0.6 is 11.8 Å². The molecule has 29 heavy (non-hydrogen) atoms. The number of likely N-dealkylation sites (tertiary alicyclic amines) is 1. The summed E-state index contributed by atoms with van der Waals surface area (Å²) in [6, 6.07) is 8.00. The molecule has 2 atom stereocenters. The van der Waals surface area contributed by atoms with Crippen LogP contribution in [-0.4, -0.2) is 54.2 Å². The van der Waals surface area contributed by atoms with Gasteiger partial charge in [0.05, 0.1) is 5.69 Å². The number of thioether (sulfide) groups is 1. The van der Waals surface area contributed by atoms with Crippen LogP contribution in [0, 0.1) is 11.8 Å². The number of nitrogens with one attached hydrogen (secondary N) is 1. The van der Waals surface area contributed by atoms with Crippen molar-refractivity contribution < 1.29 is 9.59 Å². The summed E-state index contributed by atoms with van der Waals surface area (Å²) in [6.07, 6.45) is 1.77. The summed E-state index contributed by atoms with van der Waals surface area (Å²) in [6.45, 7) is 12.5. The number of carbonyl (C=O) groups excluding carboxylic acids is 2. The predicted octanol–water partition coefficient (Wildman–Crippen LogP) is 3.78. The third-order valence-electron chi connectivity index (χ3n) is 6.04. The maximum Gasteiger partial charge on any atom is 0.227 e. The van der Waals surface area contributed by atoms with Crippen molar-refractivity contribution in [2.45, 2.75) is 57.4 Å². The zero-order valence-electron chi connectivity index (χ0n) is 18.2. The number of carbonyl (C=O) groups is 2. The Labute approximate surface area is 179 Å². The highest BCUT2D eigenvalue weighted by Crippen LogP contribution is 2.34. The van der Waals surface area contributed by atoms with Crippen LogP contribution < -0.4 is 10.2 Å². The van der Waals surface area contributed by atoms with Crippen LogP contribution in [0.25, 0.3) is 0 Å². The van der Waals surface area contributed by atoms with Crippen LogP contribution in [-0.2, 0) is 9.59 Å². The highest BCUT2D eigenvalue weighted by molar-refractivity contribution is 7.99. The van der Waals surface area contributed by atoms with Crippen LogP contribution in [0.5, 0.6) is 0 Å². The van der Waals surface area contributed by atoms with Gasteiger partial charge in [-0.15, -0.1) is 11.8 Å². The third kappa shape index (κ3) is 5.76. The first kappa shape index (κ1) is 22.2. The molecule has 0 radical (unpaired) electrons. The quantitative estimate of drug-likeness (QED) is 0.765. The summed E-state index contributed by atoms with van der Waals surface area (Å²) in [5.74, 6) is 2.28. The number of hydrogen-bond acceptors (Lipinski definition) is 4. The lowest BCUT2D eigenvalue weighted by Gasteiger charge is -2.45. The molecule has 1 aromatic carbocycles. The Balaban J connectivity index is 1.47. The minimum atomic E-state index is -0.0777. The van der Waals surface area contributed by atoms with Crippen molar-refractivity contribution in [1.29, 1.82) is 0 Å². The van der Waals surface area contributed by atoms with Crippen LogP contribution in [0.4, 0.5) is 5.69 Å². The standard InChI is InChI=1S/C23H35N3O2S/c1-17-13-18(2)15-25(14-17)23(3,4)16-24-21(27)9-10-22(28)26-11-12-29-20-8-6-5-7-19(20)26/h5-8,17-18H,9-16H2,1-4H3,(H,24,27). The van der Waals surface area contributed by atoms with Gasteiger partial charge in [0.25, 0.3) is 0 Å². The second-order valence-electron chi connectivity index (χ2n) is 9.30. The molecule has 2 amide bonds. The zero-order valence-corrected chi connectivity index (χ0v) is 19.1. The number of nitrogens with zero attached hydrogens (tertiary/aromatic N) is 2. The average molecular weight is 418 g/mol. The summed E-state index contributed by atoms with van der Waals surface area (Å²) in [4.78, 5) is 30.6. The summed E-state index contributed by atoms with van der Waals surface area (Å²) >= 11 is 1.78. The number of benzene rings is 1. The average Bonchev–Trinajstić information content (AvgIpc) is 2.69. The monoisotopic (exact) mass is 417 g/mol. The normalized spacial score (nSPS) is 22.8. The number of para-hydroxylation sites is 1. The molecule has 2 aliphatic heterocycles. The van der Waals surface area contributed by atoms with Crippen LogP contribution in [0.1, 0.15) is 47.0 Å². The molecule has 6 heteroatoms. The van der Waals surface area contributed by atoms with Gasteiger partial charge >= 0.3 is 0 Å². The zero-order chi connectivity index (χ0) is 21.0. The smallest absolute Gasteiger partial charge is 0.227 e. The molecule has 0 saturated carbocycles. The van der Waals surface area contributed by atoms with E-state index in [1.54, 1.807) is 11.8 Å². The van der Waals surface area contributed by atoms with E-state index in [1.807, 2.05) is 23.1 Å². The van der Waals surface area contributed by atoms with E-state index < -0.39 is 0 Å². The Morgan fingerprint density at radius 3 is 2.55 bits per heavy atom. The maximum atomic E-state index is 12.7. The van der Waals surface area contributed by atoms with Crippen molar-refractivity contribution in [2.75, 3.05) is 36.8 Å². The fraction of sp³-hybridized carbons (Fsp3) is 0.652. The molecule has 1 fully saturated rings. The largest absolute Gasteiger partial charge is 0.354 e. The van der Waals surface area contributed by atoms with E-state index in [0.29, 0.717) is 24.9 Å². The van der Waals surface area contributed by atoms with Crippen molar-refractivity contribution in [1.82, 2.24) is 10.2 Å². The van der Waals surface area contributed by atoms with E-state index in [9.17, 15) is 9.59 Å². The summed E-state index contributed by atoms with van der Waals surface area (Å²) < 4.78 is 0. The predicted molar refractivity (Wildman–Crippen MR) is 120 cm³/mol. The minimum Gasteiger partial charge on any atom is -0.354 e. The molecular weight excluding hydrogens is 382 g/mol. The summed E-state index contributed by atoms with van der Waals surface area (Å²) in [5.41, 5.74) is 0.898. The topological polar surface area (TPSA) is 52.7 Å². The first-order valence-corrected chi connectivity index (χ1v) is 11.8. The van der Waals surface area contributed by atoms with E-state index >= 15 is 0 Å². The Morgan fingerprint density at radius 1 is 1.14 bits per heavy atom. The van der Waals surface area contributed by atoms with Gasteiger partial charge in [0.2, 0.25) is 11.8 Å². The fourth-order valence-electron chi connectivity index (χ4n) is 4.46. The van der Waals surface area contributed by atoms with E-state index in [-0.39, 0.29) is 30.2 Å². The lowest BCUT2D eigenvalue weighted by Crippen LogP contribution is -2.56. The van der Waals surface area contributed by atoms with Crippen LogP contribution in [0.3, 0.4) is 0 Å². The highest BCUT2D eigenvalue weighted by Gasteiger charge is 2.33. The summed E-state index contributed by atoms with van der Waals surface area (Å²) in [5, 5.41) is 3.07. The molecule has 3 rings (SSSR count). The van der Waals surface area contributed by atoms with Gasteiger partial charge in [-0.25, -0.2) is 0 Å². The minimum absolute atomic E-state index is 0.0332. The van der Waals surface area contributed by atoms with Gasteiger partial charge in [-0.05, 0) is 44.2 Å². The van der Waals surface area contributed by atoms with Gasteiger partial charge in [0, 0.05) is 55.2 Å². The molecule has 5 nitrogen and oxygen atoms in total. The van der Waals surface area contributed by atoms with Gasteiger partial charge in [-0.3, -0.25) is 14.5 Å². The van der Waals surface area contributed by atoms with E-state index in [4.69, 9.17) is 0 Å². The van der Waals surface area contributed by atoms with Crippen molar-refractivity contribution in [3.8, 4) is 0 Å². The Kier molecular flexibility index (Phi) is 7.28. The first-order chi connectivity index (χ1) is 13.8. The Hall–Kier alpha value is -1.53. The third-order valence-corrected chi connectivity index (χ3v) is 7.08. The van der Waals surface area contributed by atoms with Crippen molar-refractivity contribution in [3.05, 3.63) is 24.3 Å². The van der Waals surface area contributed by atoms with Gasteiger partial charge < -0.3 is 10.2 Å². The van der Waals surface area contributed by atoms with Gasteiger partial charge in [0.1, 0.15) is 0 Å². The van der Waals surface area contributed by atoms with Crippen molar-refractivity contribution >= 4 is 29.3 Å². The molecular formula is C23H35N3O2S. The molecule has 1 saturated heterocycles. The Morgan fingerprint density at radius 2 is 1.83 bits per heavy atom. The van der Waals surface area contributed by atoms with Gasteiger partial charge in [0.15, 0.2) is 0 Å². The van der Waals surface area contributed by atoms with Gasteiger partial charge in [-0.1, -0.05) is 26.0 Å². The van der Waals surface area contributed by atoms with E-state index in [0.717, 1.165) is 29.4 Å². The molecule has 0 spiro atoms. The maximum absolute atomic E-state index is 12.7. The molecule has 1 N–H and O–H groups in total. The number of piperidine rings is 1. The molecule has 0 bridgehead atoms. The number of fused-ring (bicyclic) bond motifs is 1. The second-order valence-corrected chi connectivity index (χ2v) is 10.4. The lowest BCUT2D eigenvalue weighted by atomic mass is 9.88. The van der Waals surface area contributed by atoms with Crippen LogP contribution in [0.2, 0.25) is 0 Å². The molecule has 2 aliphatic rings. The van der Waals surface area contributed by atoms with Crippen molar-refractivity contribution in [2.24, 2.45) is 11.8 Å². The Bertz CT molecular complexity index is 727. The lowest BCUT2D eigenvalue weighted by molar-refractivity contribution is -0.125. The number of rotatable bonds is 6. The van der Waals surface area contributed by atoms with E-state index in [2.05, 4.69) is 44.0 Å². The van der Waals surface area contributed by atoms with Gasteiger partial charge in [-0.2, -0.15) is 0 Å². The first-order valence-electron chi connectivity index (χ1n) is 10.8. The molecule has 160 valence electrons. The van der Waals surface area contributed by atoms with Crippen molar-refractivity contribution in [3.63, 3.8) is 0 Å². The molecule has 2 heterocycles. The number of amides is 2. The second kappa shape index (κ2) is 9.52. The fourth-order valence-corrected chi connectivity index (χ4v) is 5.45. The molecule has 0 aromatic heterocycles. The molecule has 2 unspecified atom stereocenters.